The summed E-state index contributed by atoms with van der Waals surface area (Å²) in [6.07, 6.45) is 0. The lowest BCUT2D eigenvalue weighted by atomic mass is 10.1. The molecule has 0 aliphatic rings. The van der Waals surface area contributed by atoms with Crippen LogP contribution in [0.4, 0.5) is 4.79 Å². The number of hydrogen-bond donors (Lipinski definition) is 2. The molecule has 5 heteroatoms. The van der Waals surface area contributed by atoms with Crippen LogP contribution in [0, 0.1) is 0 Å². The van der Waals surface area contributed by atoms with Gasteiger partial charge in [0.2, 0.25) is 0 Å². The fraction of sp³-hybridized carbons (Fsp3) is 0.583. The van der Waals surface area contributed by atoms with Gasteiger partial charge < -0.3 is 15.3 Å². The van der Waals surface area contributed by atoms with E-state index in [1.807, 2.05) is 12.3 Å². The lowest BCUT2D eigenvalue weighted by molar-refractivity contribution is 0.157. The van der Waals surface area contributed by atoms with E-state index in [0.29, 0.717) is 12.5 Å². The fourth-order valence-corrected chi connectivity index (χ4v) is 2.14. The molecule has 0 radical (unpaired) electrons. The molecule has 17 heavy (non-hydrogen) atoms. The number of likely N-dealkylation sites (N-methyl/N-ethyl adjacent to an activating group) is 1. The highest BCUT2D eigenvalue weighted by Crippen LogP contribution is 2.17. The second kappa shape index (κ2) is 6.61. The summed E-state index contributed by atoms with van der Waals surface area (Å²) in [7, 11) is 1.69. The number of aliphatic hydroxyl groups excluding tert-OH is 1. The minimum absolute atomic E-state index is 0.0238. The van der Waals surface area contributed by atoms with Crippen molar-refractivity contribution < 1.29 is 9.90 Å². The summed E-state index contributed by atoms with van der Waals surface area (Å²) in [5.74, 6) is 0.308. The maximum atomic E-state index is 11.7. The molecule has 1 rings (SSSR count). The molecule has 0 saturated heterocycles. The maximum absolute atomic E-state index is 11.7. The van der Waals surface area contributed by atoms with Crippen molar-refractivity contribution in [2.24, 2.45) is 0 Å². The van der Waals surface area contributed by atoms with Gasteiger partial charge in [0.15, 0.2) is 0 Å². The number of amides is 2. The zero-order chi connectivity index (χ0) is 12.8. The van der Waals surface area contributed by atoms with E-state index in [4.69, 9.17) is 5.11 Å². The summed E-state index contributed by atoms with van der Waals surface area (Å²) in [6.45, 7) is 4.47. The van der Waals surface area contributed by atoms with E-state index in [2.05, 4.69) is 23.7 Å². The molecule has 2 atom stereocenters. The average Bonchev–Trinajstić information content (AvgIpc) is 2.87. The molecule has 0 saturated carbocycles. The Balaban J connectivity index is 2.38. The van der Waals surface area contributed by atoms with Crippen molar-refractivity contribution in [3.8, 4) is 0 Å². The van der Waals surface area contributed by atoms with E-state index in [1.165, 1.54) is 10.5 Å². The molecule has 0 spiro atoms. The normalized spacial score (nSPS) is 14.1. The van der Waals surface area contributed by atoms with E-state index in [9.17, 15) is 4.79 Å². The standard InChI is InChI=1S/C12H20N2O2S/c1-9(11-4-5-17-8-11)6-13-12(16)14(3)10(2)7-15/h4-5,8-10,15H,6-7H2,1-3H3,(H,13,16). The van der Waals surface area contributed by atoms with Gasteiger partial charge in [-0.05, 0) is 35.2 Å². The van der Waals surface area contributed by atoms with Gasteiger partial charge in [-0.1, -0.05) is 6.92 Å². The summed E-state index contributed by atoms with van der Waals surface area (Å²) < 4.78 is 0. The Hall–Kier alpha value is -1.07. The van der Waals surface area contributed by atoms with E-state index in [1.54, 1.807) is 18.4 Å². The van der Waals surface area contributed by atoms with Crippen LogP contribution in [-0.4, -0.2) is 42.3 Å². The summed E-state index contributed by atoms with van der Waals surface area (Å²) in [5.41, 5.74) is 1.24. The summed E-state index contributed by atoms with van der Waals surface area (Å²) in [5, 5.41) is 16.0. The topological polar surface area (TPSA) is 52.6 Å². The number of nitrogens with zero attached hydrogens (tertiary/aromatic N) is 1. The zero-order valence-corrected chi connectivity index (χ0v) is 11.3. The van der Waals surface area contributed by atoms with Gasteiger partial charge in [-0.15, -0.1) is 0 Å². The first-order valence-electron chi connectivity index (χ1n) is 5.69. The summed E-state index contributed by atoms with van der Waals surface area (Å²) in [4.78, 5) is 13.2. The number of carbonyl (C=O) groups is 1. The quantitative estimate of drug-likeness (QED) is 0.845. The predicted octanol–water partition coefficient (Wildman–Crippen LogP) is 1.87. The molecule has 96 valence electrons. The van der Waals surface area contributed by atoms with Crippen molar-refractivity contribution in [1.82, 2.24) is 10.2 Å². The number of aliphatic hydroxyl groups is 1. The Kier molecular flexibility index (Phi) is 5.44. The summed E-state index contributed by atoms with van der Waals surface area (Å²) in [6, 6.07) is 1.77. The Morgan fingerprint density at radius 1 is 1.59 bits per heavy atom. The van der Waals surface area contributed by atoms with Crippen molar-refractivity contribution in [1.29, 1.82) is 0 Å². The molecule has 0 aliphatic carbocycles. The van der Waals surface area contributed by atoms with Gasteiger partial charge in [0.1, 0.15) is 0 Å². The smallest absolute Gasteiger partial charge is 0.317 e. The zero-order valence-electron chi connectivity index (χ0n) is 10.5. The van der Waals surface area contributed by atoms with Gasteiger partial charge >= 0.3 is 6.03 Å². The molecule has 2 N–H and O–H groups in total. The van der Waals surface area contributed by atoms with Gasteiger partial charge in [0.25, 0.3) is 0 Å². The summed E-state index contributed by atoms with van der Waals surface area (Å²) >= 11 is 1.66. The molecule has 0 fully saturated rings. The lowest BCUT2D eigenvalue weighted by Gasteiger charge is -2.24. The molecule has 0 aromatic carbocycles. The third-order valence-electron chi connectivity index (χ3n) is 2.92. The predicted molar refractivity (Wildman–Crippen MR) is 70.4 cm³/mol. The molecule has 2 amide bonds. The van der Waals surface area contributed by atoms with Crippen LogP contribution in [0.1, 0.15) is 25.3 Å². The van der Waals surface area contributed by atoms with Crippen LogP contribution in [-0.2, 0) is 0 Å². The van der Waals surface area contributed by atoms with Gasteiger partial charge in [-0.3, -0.25) is 0 Å². The van der Waals surface area contributed by atoms with Crippen molar-refractivity contribution in [2.75, 3.05) is 20.2 Å². The number of hydrogen-bond acceptors (Lipinski definition) is 3. The van der Waals surface area contributed by atoms with Crippen LogP contribution in [0.3, 0.4) is 0 Å². The average molecular weight is 256 g/mol. The Labute approximate surface area is 106 Å². The molecule has 1 aromatic heterocycles. The molecule has 1 aromatic rings. The highest BCUT2D eigenvalue weighted by Gasteiger charge is 2.15. The van der Waals surface area contributed by atoms with E-state index in [0.717, 1.165) is 0 Å². The Morgan fingerprint density at radius 3 is 2.82 bits per heavy atom. The number of carbonyl (C=O) groups excluding carboxylic acids is 1. The van der Waals surface area contributed by atoms with Crippen LogP contribution in [0.5, 0.6) is 0 Å². The van der Waals surface area contributed by atoms with Crippen LogP contribution < -0.4 is 5.32 Å². The van der Waals surface area contributed by atoms with Crippen molar-refractivity contribution >= 4 is 17.4 Å². The SMILES string of the molecule is CC(CNC(=O)N(C)C(C)CO)c1ccsc1. The monoisotopic (exact) mass is 256 g/mol. The fourth-order valence-electron chi connectivity index (χ4n) is 1.36. The molecule has 1 heterocycles. The van der Waals surface area contributed by atoms with E-state index < -0.39 is 0 Å². The molecular weight excluding hydrogens is 236 g/mol. The molecule has 4 nitrogen and oxygen atoms in total. The van der Waals surface area contributed by atoms with Crippen molar-refractivity contribution in [2.45, 2.75) is 25.8 Å². The first-order chi connectivity index (χ1) is 8.06. The van der Waals surface area contributed by atoms with Gasteiger partial charge in [0, 0.05) is 13.6 Å². The molecular formula is C12H20N2O2S. The highest BCUT2D eigenvalue weighted by atomic mass is 32.1. The lowest BCUT2D eigenvalue weighted by Crippen LogP contribution is -2.44. The highest BCUT2D eigenvalue weighted by molar-refractivity contribution is 7.07. The first-order valence-corrected chi connectivity index (χ1v) is 6.64. The first kappa shape index (κ1) is 14.0. The van der Waals surface area contributed by atoms with Crippen molar-refractivity contribution in [3.05, 3.63) is 22.4 Å². The number of nitrogens with one attached hydrogen (secondary N) is 1. The third-order valence-corrected chi connectivity index (χ3v) is 3.62. The third kappa shape index (κ3) is 4.02. The van der Waals surface area contributed by atoms with E-state index >= 15 is 0 Å². The van der Waals surface area contributed by atoms with Gasteiger partial charge in [0.05, 0.1) is 12.6 Å². The minimum Gasteiger partial charge on any atom is -0.394 e. The Morgan fingerprint density at radius 2 is 2.29 bits per heavy atom. The van der Waals surface area contributed by atoms with Crippen LogP contribution >= 0.6 is 11.3 Å². The number of rotatable bonds is 5. The van der Waals surface area contributed by atoms with Gasteiger partial charge in [-0.2, -0.15) is 11.3 Å². The molecule has 2 unspecified atom stereocenters. The second-order valence-corrected chi connectivity index (χ2v) is 5.07. The largest absolute Gasteiger partial charge is 0.394 e. The Bertz CT molecular complexity index is 340. The number of urea groups is 1. The van der Waals surface area contributed by atoms with Gasteiger partial charge in [-0.25, -0.2) is 4.79 Å². The molecule has 0 bridgehead atoms. The molecule has 0 aliphatic heterocycles. The van der Waals surface area contributed by atoms with Crippen LogP contribution in [0.2, 0.25) is 0 Å². The second-order valence-electron chi connectivity index (χ2n) is 4.29. The minimum atomic E-state index is -0.161. The van der Waals surface area contributed by atoms with Crippen LogP contribution in [0.25, 0.3) is 0 Å². The van der Waals surface area contributed by atoms with Crippen molar-refractivity contribution in [3.63, 3.8) is 0 Å². The maximum Gasteiger partial charge on any atom is 0.317 e. The van der Waals surface area contributed by atoms with Crippen LogP contribution in [0.15, 0.2) is 16.8 Å². The van der Waals surface area contributed by atoms with E-state index in [-0.39, 0.29) is 18.7 Å². The number of thiophene rings is 1.